The fourth-order valence-electron chi connectivity index (χ4n) is 4.26. The molecule has 0 saturated heterocycles. The zero-order chi connectivity index (χ0) is 29.0. The summed E-state index contributed by atoms with van der Waals surface area (Å²) in [6.07, 6.45) is 11.9. The lowest BCUT2D eigenvalue weighted by atomic mass is 9.89. The Morgan fingerprint density at radius 1 is 0.474 bits per heavy atom. The van der Waals surface area contributed by atoms with Gasteiger partial charge in [-0.05, 0) is 41.3 Å². The van der Waals surface area contributed by atoms with E-state index in [1.54, 1.807) is 35.7 Å². The molecule has 0 aromatic heterocycles. The van der Waals surface area contributed by atoms with Gasteiger partial charge in [0.1, 0.15) is 0 Å². The summed E-state index contributed by atoms with van der Waals surface area (Å²) < 4.78 is 0. The van der Waals surface area contributed by atoms with E-state index in [2.05, 4.69) is 107 Å². The Labute approximate surface area is 236 Å². The molecule has 0 fully saturated rings. The average molecular weight is 553 g/mol. The van der Waals surface area contributed by atoms with Gasteiger partial charge in [0.25, 0.3) is 0 Å². The van der Waals surface area contributed by atoms with Crippen LogP contribution in [0.15, 0.2) is 58.3 Å². The molecule has 38 heavy (non-hydrogen) atoms. The highest BCUT2D eigenvalue weighted by Crippen LogP contribution is 2.50. The Balaban J connectivity index is 2.22. The number of hydrogen-bond donors (Lipinski definition) is 0. The quantitative estimate of drug-likeness (QED) is 0.385. The maximum Gasteiger partial charge on any atom is 0.237 e. The van der Waals surface area contributed by atoms with Crippen LogP contribution in [0.4, 0.5) is 0 Å². The molecule has 0 atom stereocenters. The third-order valence-electron chi connectivity index (χ3n) is 6.67. The molecule has 0 bridgehead atoms. The maximum atomic E-state index is 13.5. The molecule has 3 rings (SSSR count). The van der Waals surface area contributed by atoms with Gasteiger partial charge in [-0.25, -0.2) is 0 Å². The van der Waals surface area contributed by atoms with Crippen molar-refractivity contribution < 1.29 is 0 Å². The van der Waals surface area contributed by atoms with Crippen LogP contribution in [0.2, 0.25) is 0 Å². The van der Waals surface area contributed by atoms with Crippen molar-refractivity contribution in [2.24, 2.45) is 33.5 Å². The van der Waals surface area contributed by atoms with Gasteiger partial charge >= 0.3 is 0 Å². The average Bonchev–Trinajstić information content (AvgIpc) is 2.94. The lowest BCUT2D eigenvalue weighted by molar-refractivity contribution is 0.515. The van der Waals surface area contributed by atoms with Gasteiger partial charge in [0.15, 0.2) is 0 Å². The van der Waals surface area contributed by atoms with Crippen LogP contribution < -0.4 is 26.7 Å². The van der Waals surface area contributed by atoms with E-state index in [-0.39, 0.29) is 43.9 Å². The van der Waals surface area contributed by atoms with Crippen molar-refractivity contribution >= 4 is 35.7 Å². The summed E-state index contributed by atoms with van der Waals surface area (Å²) in [5.41, 5.74) is -2.10. The highest BCUT2D eigenvalue weighted by molar-refractivity contribution is 8.07. The molecule has 5 heteroatoms. The van der Waals surface area contributed by atoms with Crippen molar-refractivity contribution in [2.75, 3.05) is 0 Å². The van der Waals surface area contributed by atoms with Gasteiger partial charge in [0.2, 0.25) is 16.3 Å². The molecule has 3 nitrogen and oxygen atoms in total. The minimum absolute atomic E-state index is 0.00241. The van der Waals surface area contributed by atoms with E-state index in [1.807, 2.05) is 0 Å². The van der Waals surface area contributed by atoms with Crippen LogP contribution in [0, 0.1) is 33.5 Å². The zero-order valence-electron chi connectivity index (χ0n) is 25.2. The summed E-state index contributed by atoms with van der Waals surface area (Å²) in [7, 11) is 0. The second-order valence-electron chi connectivity index (χ2n) is 14.6. The van der Waals surface area contributed by atoms with Crippen LogP contribution in [0.3, 0.4) is 0 Å². The summed E-state index contributed by atoms with van der Waals surface area (Å²) in [4.78, 5) is 44.5. The van der Waals surface area contributed by atoms with Crippen LogP contribution in [0.25, 0.3) is 12.2 Å². The van der Waals surface area contributed by atoms with E-state index in [4.69, 9.17) is 0 Å². The predicted molar refractivity (Wildman–Crippen MR) is 168 cm³/mol. The largest absolute Gasteiger partial charge is 0.288 e. The highest BCUT2D eigenvalue weighted by Gasteiger charge is 2.30. The van der Waals surface area contributed by atoms with E-state index in [9.17, 15) is 14.4 Å². The molecule has 1 aromatic rings. The van der Waals surface area contributed by atoms with E-state index in [0.29, 0.717) is 0 Å². The second kappa shape index (κ2) is 10.3. The van der Waals surface area contributed by atoms with Crippen molar-refractivity contribution in [3.8, 4) is 0 Å². The lowest BCUT2D eigenvalue weighted by Gasteiger charge is -2.33. The van der Waals surface area contributed by atoms with Crippen molar-refractivity contribution in [3.63, 3.8) is 0 Å². The highest BCUT2D eigenvalue weighted by atomic mass is 32.2. The van der Waals surface area contributed by atoms with Crippen molar-refractivity contribution in [1.29, 1.82) is 0 Å². The van der Waals surface area contributed by atoms with Gasteiger partial charge in [0.05, 0.1) is 10.4 Å². The zero-order valence-corrected chi connectivity index (χ0v) is 26.8. The fourth-order valence-corrected chi connectivity index (χ4v) is 6.86. The summed E-state index contributed by atoms with van der Waals surface area (Å²) in [6, 6.07) is 0. The van der Waals surface area contributed by atoms with Crippen LogP contribution in [0.5, 0.6) is 0 Å². The molecule has 0 aliphatic carbocycles. The third-order valence-corrected chi connectivity index (χ3v) is 10.5. The van der Waals surface area contributed by atoms with Gasteiger partial charge in [-0.15, -0.1) is 0 Å². The van der Waals surface area contributed by atoms with Crippen LogP contribution >= 0.6 is 23.5 Å². The number of allylic oxidation sites excluding steroid dienone is 8. The van der Waals surface area contributed by atoms with E-state index >= 15 is 0 Å². The minimum atomic E-state index is -0.693. The first-order valence-corrected chi connectivity index (χ1v) is 15.0. The molecular weight excluding hydrogens is 508 g/mol. The van der Waals surface area contributed by atoms with Crippen molar-refractivity contribution in [1.82, 2.24) is 0 Å². The monoisotopic (exact) mass is 552 g/mol. The van der Waals surface area contributed by atoms with Gasteiger partial charge < -0.3 is 0 Å². The standard InChI is InChI=1S/C33H44O3S2/c1-30(2,3)23-15-19(16-24(37-23)31(4,5)6)13-21-27(34)22(29(36)28(21)35)14-20-17-25(32(7,8)9)38-26(18-20)33(10,11)12/h13-20H,1-12H3/b21-13-,22-14-. The van der Waals surface area contributed by atoms with E-state index in [0.717, 1.165) is 0 Å². The van der Waals surface area contributed by atoms with Gasteiger partial charge in [-0.2, -0.15) is 0 Å². The maximum absolute atomic E-state index is 13.5. The second-order valence-corrected chi connectivity index (χ2v) is 16.8. The lowest BCUT2D eigenvalue weighted by Crippen LogP contribution is -2.37. The molecule has 0 amide bonds. The third kappa shape index (κ3) is 6.83. The molecule has 0 saturated carbocycles. The first-order chi connectivity index (χ1) is 17.1. The summed E-state index contributed by atoms with van der Waals surface area (Å²) in [5, 5.41) is -0.00481. The van der Waals surface area contributed by atoms with Crippen molar-refractivity contribution in [3.05, 3.63) is 85.0 Å². The Morgan fingerprint density at radius 3 is 0.921 bits per heavy atom. The molecule has 0 spiro atoms. The molecule has 0 unspecified atom stereocenters. The van der Waals surface area contributed by atoms with Gasteiger partial charge in [-0.3, -0.25) is 14.4 Å². The molecule has 2 aliphatic heterocycles. The molecule has 0 radical (unpaired) electrons. The Morgan fingerprint density at radius 2 is 0.711 bits per heavy atom. The van der Waals surface area contributed by atoms with Crippen LogP contribution in [-0.2, 0) is 0 Å². The van der Waals surface area contributed by atoms with E-state index < -0.39 is 16.3 Å². The summed E-state index contributed by atoms with van der Waals surface area (Å²) >= 11 is 3.53. The fraction of sp³-hybridized carbons (Fsp3) is 0.545. The first-order valence-electron chi connectivity index (χ1n) is 13.4. The SMILES string of the molecule is CC(C)(C)C1=CC(/C=c2\c(=O)c(=O)/c(=C\C3C=C(C(C)(C)C)SC(C(C)(C)C)=C3)c2=O)C=C(C(C)(C)C)S1. The van der Waals surface area contributed by atoms with E-state index in [1.165, 1.54) is 19.6 Å². The topological polar surface area (TPSA) is 51.2 Å². The molecule has 1 aromatic carbocycles. The molecule has 2 heterocycles. The molecule has 2 aliphatic rings. The number of thioether (sulfide) groups is 2. The molecule has 0 N–H and O–H groups in total. The smallest absolute Gasteiger partial charge is 0.237 e. The predicted octanol–water partition coefficient (Wildman–Crippen LogP) is 6.65. The molecule has 206 valence electrons. The minimum Gasteiger partial charge on any atom is -0.288 e. The van der Waals surface area contributed by atoms with Crippen LogP contribution in [-0.4, -0.2) is 0 Å². The van der Waals surface area contributed by atoms with Crippen molar-refractivity contribution in [2.45, 2.75) is 83.1 Å². The normalized spacial score (nSPS) is 19.9. The Kier molecular flexibility index (Phi) is 8.30. The number of rotatable bonds is 2. The van der Waals surface area contributed by atoms with Crippen LogP contribution in [0.1, 0.15) is 83.1 Å². The summed E-state index contributed by atoms with van der Waals surface area (Å²) in [6.45, 7) is 26.0. The number of hydrogen-bond acceptors (Lipinski definition) is 5. The summed E-state index contributed by atoms with van der Waals surface area (Å²) in [5.74, 6) is -0.443. The molecular formula is C33H44O3S2. The Hall–Kier alpha value is -1.85. The van der Waals surface area contributed by atoms with Gasteiger partial charge in [0, 0.05) is 11.8 Å². The Bertz CT molecular complexity index is 1320. The van der Waals surface area contributed by atoms with Gasteiger partial charge in [-0.1, -0.05) is 143 Å². The first kappa shape index (κ1) is 30.7.